The molecule has 1 aliphatic heterocycles. The number of hydrogen-bond donors (Lipinski definition) is 3. The molecule has 7 heteroatoms. The number of aryl methyl sites for hydroxylation is 3. The lowest BCUT2D eigenvalue weighted by atomic mass is 10.1. The number of ether oxygens (including phenoxy) is 1. The van der Waals surface area contributed by atoms with Crippen LogP contribution >= 0.6 is 0 Å². The zero-order valence-corrected chi connectivity index (χ0v) is 18.5. The number of aliphatic imine (C=N–C) groups is 1. The van der Waals surface area contributed by atoms with Crippen molar-refractivity contribution in [2.24, 2.45) is 4.99 Å². The highest BCUT2D eigenvalue weighted by atomic mass is 16.5. The van der Waals surface area contributed by atoms with Crippen molar-refractivity contribution in [3.8, 4) is 0 Å². The lowest BCUT2D eigenvalue weighted by Gasteiger charge is -2.15. The average Bonchev–Trinajstić information content (AvgIpc) is 3.20. The fourth-order valence-electron chi connectivity index (χ4n) is 3.54. The fraction of sp³-hybridized carbons (Fsp3) is 0.375. The minimum atomic E-state index is -0.311. The largest absolute Gasteiger partial charge is 0.376 e. The van der Waals surface area contributed by atoms with Crippen LogP contribution in [0, 0.1) is 20.8 Å². The number of amides is 2. The normalized spacial score (nSPS) is 16.1. The second kappa shape index (κ2) is 10.2. The minimum absolute atomic E-state index is 0.0682. The molecule has 2 aromatic rings. The van der Waals surface area contributed by atoms with Crippen molar-refractivity contribution in [2.75, 3.05) is 23.8 Å². The molecule has 0 bridgehead atoms. The van der Waals surface area contributed by atoms with Gasteiger partial charge in [-0.25, -0.2) is 4.99 Å². The maximum Gasteiger partial charge on any atom is 0.258 e. The Morgan fingerprint density at radius 3 is 2.45 bits per heavy atom. The molecule has 2 amide bonds. The van der Waals surface area contributed by atoms with Gasteiger partial charge in [-0.05, 0) is 74.6 Å². The molecule has 1 atom stereocenters. The van der Waals surface area contributed by atoms with E-state index in [0.29, 0.717) is 23.8 Å². The van der Waals surface area contributed by atoms with Crippen LogP contribution in [0.3, 0.4) is 0 Å². The first-order valence-corrected chi connectivity index (χ1v) is 10.5. The van der Waals surface area contributed by atoms with Gasteiger partial charge >= 0.3 is 0 Å². The Hall–Kier alpha value is -3.19. The van der Waals surface area contributed by atoms with Gasteiger partial charge in [0.1, 0.15) is 0 Å². The molecule has 0 spiro atoms. The van der Waals surface area contributed by atoms with Gasteiger partial charge in [-0.3, -0.25) is 14.9 Å². The van der Waals surface area contributed by atoms with Gasteiger partial charge in [0.25, 0.3) is 5.91 Å². The number of carbonyl (C=O) groups excluding carboxylic acids is 2. The van der Waals surface area contributed by atoms with Crippen LogP contribution < -0.4 is 16.0 Å². The zero-order chi connectivity index (χ0) is 22.4. The molecule has 3 rings (SSSR count). The predicted molar refractivity (Wildman–Crippen MR) is 124 cm³/mol. The Labute approximate surface area is 183 Å². The van der Waals surface area contributed by atoms with Crippen LogP contribution in [0.4, 0.5) is 11.4 Å². The number of benzene rings is 2. The highest BCUT2D eigenvalue weighted by Gasteiger charge is 2.17. The van der Waals surface area contributed by atoms with Gasteiger partial charge in [-0.15, -0.1) is 0 Å². The number of carbonyl (C=O) groups is 2. The lowest BCUT2D eigenvalue weighted by molar-refractivity contribution is -0.114. The molecule has 31 heavy (non-hydrogen) atoms. The van der Waals surface area contributed by atoms with Gasteiger partial charge in [-0.1, -0.05) is 12.1 Å². The van der Waals surface area contributed by atoms with Gasteiger partial charge in [0.05, 0.1) is 12.6 Å². The Balaban J connectivity index is 1.80. The van der Waals surface area contributed by atoms with Gasteiger partial charge in [0, 0.05) is 30.5 Å². The molecule has 1 heterocycles. The summed E-state index contributed by atoms with van der Waals surface area (Å²) in [7, 11) is 0. The quantitative estimate of drug-likeness (QED) is 0.503. The van der Waals surface area contributed by atoms with Gasteiger partial charge in [0.2, 0.25) is 11.9 Å². The summed E-state index contributed by atoms with van der Waals surface area (Å²) in [5.41, 5.74) is 5.01. The van der Waals surface area contributed by atoms with Crippen molar-refractivity contribution in [2.45, 2.75) is 46.6 Å². The van der Waals surface area contributed by atoms with Crippen molar-refractivity contribution >= 4 is 29.1 Å². The molecule has 1 aliphatic rings. The van der Waals surface area contributed by atoms with E-state index in [4.69, 9.17) is 4.74 Å². The summed E-state index contributed by atoms with van der Waals surface area (Å²) in [5.74, 6) is -0.127. The maximum absolute atomic E-state index is 12.9. The molecular formula is C24H30N4O3. The van der Waals surface area contributed by atoms with Crippen molar-refractivity contribution < 1.29 is 14.3 Å². The molecule has 2 aromatic carbocycles. The molecule has 0 radical (unpaired) electrons. The van der Waals surface area contributed by atoms with Gasteiger partial charge in [-0.2, -0.15) is 0 Å². The molecule has 164 valence electrons. The minimum Gasteiger partial charge on any atom is -0.376 e. The first-order valence-electron chi connectivity index (χ1n) is 10.5. The lowest BCUT2D eigenvalue weighted by Crippen LogP contribution is -2.37. The number of nitrogens with one attached hydrogen (secondary N) is 3. The summed E-state index contributed by atoms with van der Waals surface area (Å²) in [6, 6.07) is 11.3. The molecule has 0 aliphatic carbocycles. The van der Waals surface area contributed by atoms with Crippen LogP contribution in [0.5, 0.6) is 0 Å². The number of nitrogens with zero attached hydrogens (tertiary/aromatic N) is 1. The number of hydrogen-bond acceptors (Lipinski definition) is 4. The number of rotatable bonds is 5. The van der Waals surface area contributed by atoms with Crippen molar-refractivity contribution in [3.05, 3.63) is 58.7 Å². The Morgan fingerprint density at radius 2 is 1.81 bits per heavy atom. The van der Waals surface area contributed by atoms with Crippen LogP contribution in [-0.2, 0) is 9.53 Å². The maximum atomic E-state index is 12.9. The van der Waals surface area contributed by atoms with E-state index in [1.807, 2.05) is 32.9 Å². The third kappa shape index (κ3) is 6.65. The third-order valence-electron chi connectivity index (χ3n) is 5.00. The molecular weight excluding hydrogens is 392 g/mol. The second-order valence-electron chi connectivity index (χ2n) is 7.99. The highest BCUT2D eigenvalue weighted by Crippen LogP contribution is 2.18. The summed E-state index contributed by atoms with van der Waals surface area (Å²) in [6.45, 7) is 8.59. The Morgan fingerprint density at radius 1 is 1.06 bits per heavy atom. The molecule has 3 N–H and O–H groups in total. The first kappa shape index (κ1) is 22.5. The van der Waals surface area contributed by atoms with E-state index in [-0.39, 0.29) is 17.9 Å². The van der Waals surface area contributed by atoms with Crippen LogP contribution in [0.2, 0.25) is 0 Å². The van der Waals surface area contributed by atoms with Crippen LogP contribution in [-0.4, -0.2) is 37.0 Å². The number of anilines is 2. The van der Waals surface area contributed by atoms with E-state index in [1.165, 1.54) is 6.92 Å². The molecule has 0 saturated carbocycles. The van der Waals surface area contributed by atoms with Crippen molar-refractivity contribution in [1.29, 1.82) is 0 Å². The summed E-state index contributed by atoms with van der Waals surface area (Å²) in [6.07, 6.45) is 2.06. The second-order valence-corrected chi connectivity index (χ2v) is 7.99. The zero-order valence-electron chi connectivity index (χ0n) is 18.5. The molecule has 0 unspecified atom stereocenters. The summed E-state index contributed by atoms with van der Waals surface area (Å²) in [5, 5.41) is 8.87. The van der Waals surface area contributed by atoms with E-state index in [1.54, 1.807) is 18.2 Å². The first-order chi connectivity index (χ1) is 14.8. The monoisotopic (exact) mass is 422 g/mol. The van der Waals surface area contributed by atoms with Crippen LogP contribution in [0.15, 0.2) is 41.4 Å². The summed E-state index contributed by atoms with van der Waals surface area (Å²) < 4.78 is 5.66. The van der Waals surface area contributed by atoms with Gasteiger partial charge in [0.15, 0.2) is 0 Å². The SMILES string of the molecule is CC(=O)Nc1cc(C(=O)NC(=NC[C@@H]2CCCO2)Nc2cc(C)cc(C)c2)ccc1C. The van der Waals surface area contributed by atoms with E-state index in [2.05, 4.69) is 27.0 Å². The highest BCUT2D eigenvalue weighted by molar-refractivity contribution is 6.10. The molecule has 1 fully saturated rings. The Bertz CT molecular complexity index is 974. The predicted octanol–water partition coefficient (Wildman–Crippen LogP) is 3.95. The van der Waals surface area contributed by atoms with Crippen molar-refractivity contribution in [3.63, 3.8) is 0 Å². The summed E-state index contributed by atoms with van der Waals surface area (Å²) in [4.78, 5) is 29.0. The van der Waals surface area contributed by atoms with E-state index >= 15 is 0 Å². The van der Waals surface area contributed by atoms with Crippen LogP contribution in [0.25, 0.3) is 0 Å². The van der Waals surface area contributed by atoms with E-state index < -0.39 is 0 Å². The standard InChI is InChI=1S/C24H30N4O3/c1-15-10-16(2)12-20(11-15)27-24(25-14-21-6-5-9-31-21)28-23(30)19-8-7-17(3)22(13-19)26-18(4)29/h7-8,10-13,21H,5-6,9,14H2,1-4H3,(H,26,29)(H2,25,27,28,30)/t21-/m0/s1. The molecule has 0 aromatic heterocycles. The fourth-order valence-corrected chi connectivity index (χ4v) is 3.54. The van der Waals surface area contributed by atoms with Crippen LogP contribution in [0.1, 0.15) is 46.8 Å². The van der Waals surface area contributed by atoms with E-state index in [0.717, 1.165) is 41.8 Å². The van der Waals surface area contributed by atoms with Gasteiger partial charge < -0.3 is 15.4 Å². The average molecular weight is 423 g/mol. The molecule has 7 nitrogen and oxygen atoms in total. The summed E-state index contributed by atoms with van der Waals surface area (Å²) >= 11 is 0. The Kier molecular flexibility index (Phi) is 7.41. The smallest absolute Gasteiger partial charge is 0.258 e. The molecule has 1 saturated heterocycles. The third-order valence-corrected chi connectivity index (χ3v) is 5.00. The van der Waals surface area contributed by atoms with E-state index in [9.17, 15) is 9.59 Å². The number of guanidine groups is 1. The topological polar surface area (TPSA) is 91.8 Å². The van der Waals surface area contributed by atoms with Crippen molar-refractivity contribution in [1.82, 2.24) is 5.32 Å².